The Kier molecular flexibility index (Phi) is 5.06. The van der Waals surface area contributed by atoms with Gasteiger partial charge in [0.25, 0.3) is 0 Å². The Bertz CT molecular complexity index is 688. The summed E-state index contributed by atoms with van der Waals surface area (Å²) in [5, 5.41) is 9.50. The van der Waals surface area contributed by atoms with Crippen molar-refractivity contribution in [3.05, 3.63) is 29.5 Å². The maximum atomic E-state index is 12.5. The number of methoxy groups -OCH3 is 2. The number of nitrogens with zero attached hydrogens (tertiary/aromatic N) is 2. The van der Waals surface area contributed by atoms with Crippen molar-refractivity contribution in [2.45, 2.75) is 18.8 Å². The lowest BCUT2D eigenvalue weighted by molar-refractivity contribution is -0.207. The summed E-state index contributed by atoms with van der Waals surface area (Å²) in [4.78, 5) is 4.03. The zero-order chi connectivity index (χ0) is 17.2. The standard InChI is InChI=1S/C14H14ClF3N2O3/c1-22-10-6-11(23-2)9(15)5-8(10)13-19-3-4-20(13)7-12(21)14(16,17)18/h3-6,12,21H,7H2,1-2H3. The second-order valence-electron chi connectivity index (χ2n) is 4.65. The number of alkyl halides is 3. The fourth-order valence-corrected chi connectivity index (χ4v) is 2.27. The monoisotopic (exact) mass is 350 g/mol. The van der Waals surface area contributed by atoms with Crippen molar-refractivity contribution in [1.29, 1.82) is 0 Å². The summed E-state index contributed by atoms with van der Waals surface area (Å²) in [6.45, 7) is -0.689. The molecule has 23 heavy (non-hydrogen) atoms. The molecule has 1 unspecified atom stereocenters. The number of imidazole rings is 1. The number of rotatable bonds is 5. The summed E-state index contributed by atoms with van der Waals surface area (Å²) < 4.78 is 49.1. The molecule has 0 saturated heterocycles. The van der Waals surface area contributed by atoms with Gasteiger partial charge in [-0.05, 0) is 6.07 Å². The molecule has 1 atom stereocenters. The predicted molar refractivity (Wildman–Crippen MR) is 77.8 cm³/mol. The fraction of sp³-hybridized carbons (Fsp3) is 0.357. The van der Waals surface area contributed by atoms with Gasteiger partial charge in [-0.3, -0.25) is 0 Å². The van der Waals surface area contributed by atoms with E-state index in [9.17, 15) is 18.3 Å². The largest absolute Gasteiger partial charge is 0.496 e. The molecule has 0 saturated carbocycles. The highest BCUT2D eigenvalue weighted by Gasteiger charge is 2.38. The number of halogens is 4. The highest BCUT2D eigenvalue weighted by molar-refractivity contribution is 6.32. The highest BCUT2D eigenvalue weighted by Crippen LogP contribution is 2.38. The lowest BCUT2D eigenvalue weighted by Crippen LogP contribution is -2.32. The van der Waals surface area contributed by atoms with Gasteiger partial charge in [0.15, 0.2) is 6.10 Å². The highest BCUT2D eigenvalue weighted by atomic mass is 35.5. The number of ether oxygens (including phenoxy) is 2. The molecular formula is C14H14ClF3N2O3. The van der Waals surface area contributed by atoms with E-state index in [4.69, 9.17) is 21.1 Å². The quantitative estimate of drug-likeness (QED) is 0.900. The van der Waals surface area contributed by atoms with E-state index in [0.717, 1.165) is 0 Å². The Balaban J connectivity index is 2.44. The number of aromatic nitrogens is 2. The number of aliphatic hydroxyl groups excluding tert-OH is 1. The molecule has 0 amide bonds. The molecule has 2 rings (SSSR count). The molecule has 1 heterocycles. The van der Waals surface area contributed by atoms with Crippen molar-refractivity contribution >= 4 is 11.6 Å². The molecule has 0 aliphatic carbocycles. The number of hydrogen-bond acceptors (Lipinski definition) is 4. The topological polar surface area (TPSA) is 56.5 Å². The molecule has 0 aliphatic heterocycles. The zero-order valence-corrected chi connectivity index (χ0v) is 13.0. The Morgan fingerprint density at radius 2 is 1.91 bits per heavy atom. The number of hydrogen-bond donors (Lipinski definition) is 1. The van der Waals surface area contributed by atoms with E-state index in [-0.39, 0.29) is 10.8 Å². The van der Waals surface area contributed by atoms with Crippen molar-refractivity contribution in [3.63, 3.8) is 0 Å². The molecule has 5 nitrogen and oxygen atoms in total. The summed E-state index contributed by atoms with van der Waals surface area (Å²) in [5.74, 6) is 0.885. The Labute approximate surface area is 135 Å². The second-order valence-corrected chi connectivity index (χ2v) is 5.05. The molecule has 1 aromatic heterocycles. The van der Waals surface area contributed by atoms with E-state index in [1.54, 1.807) is 0 Å². The first kappa shape index (κ1) is 17.4. The average Bonchev–Trinajstić information content (AvgIpc) is 2.94. The van der Waals surface area contributed by atoms with Crippen LogP contribution in [0.1, 0.15) is 0 Å². The second kappa shape index (κ2) is 6.67. The minimum absolute atomic E-state index is 0.190. The Morgan fingerprint density at radius 1 is 1.26 bits per heavy atom. The first-order chi connectivity index (χ1) is 10.8. The van der Waals surface area contributed by atoms with Crippen molar-refractivity contribution < 1.29 is 27.8 Å². The minimum Gasteiger partial charge on any atom is -0.496 e. The van der Waals surface area contributed by atoms with Gasteiger partial charge in [-0.1, -0.05) is 11.6 Å². The van der Waals surface area contributed by atoms with E-state index < -0.39 is 18.8 Å². The van der Waals surface area contributed by atoms with Gasteiger partial charge in [-0.15, -0.1) is 0 Å². The normalized spacial score (nSPS) is 13.0. The molecule has 9 heteroatoms. The van der Waals surface area contributed by atoms with Crippen LogP contribution in [0.5, 0.6) is 11.5 Å². The van der Waals surface area contributed by atoms with E-state index >= 15 is 0 Å². The van der Waals surface area contributed by atoms with E-state index in [1.807, 2.05) is 0 Å². The first-order valence-electron chi connectivity index (χ1n) is 6.45. The van der Waals surface area contributed by atoms with Crippen LogP contribution in [0.4, 0.5) is 13.2 Å². The van der Waals surface area contributed by atoms with Crippen molar-refractivity contribution in [1.82, 2.24) is 9.55 Å². The van der Waals surface area contributed by atoms with Gasteiger partial charge in [0.1, 0.15) is 17.3 Å². The number of benzene rings is 1. The van der Waals surface area contributed by atoms with Gasteiger partial charge in [-0.25, -0.2) is 4.98 Å². The van der Waals surface area contributed by atoms with Gasteiger partial charge in [-0.2, -0.15) is 13.2 Å². The van der Waals surface area contributed by atoms with Crippen molar-refractivity contribution in [3.8, 4) is 22.9 Å². The van der Waals surface area contributed by atoms with Crippen LogP contribution >= 0.6 is 11.6 Å². The van der Waals surface area contributed by atoms with Gasteiger partial charge < -0.3 is 19.1 Å². The van der Waals surface area contributed by atoms with Crippen molar-refractivity contribution in [2.24, 2.45) is 0 Å². The molecule has 1 aromatic carbocycles. The smallest absolute Gasteiger partial charge is 0.416 e. The van der Waals surface area contributed by atoms with Crippen molar-refractivity contribution in [2.75, 3.05) is 14.2 Å². The van der Waals surface area contributed by atoms with E-state index in [0.29, 0.717) is 17.1 Å². The molecule has 0 bridgehead atoms. The third-order valence-corrected chi connectivity index (χ3v) is 3.47. The Hall–Kier alpha value is -1.93. The maximum Gasteiger partial charge on any atom is 0.416 e. The molecule has 0 radical (unpaired) electrons. The van der Waals surface area contributed by atoms with Gasteiger partial charge in [0.05, 0.1) is 31.4 Å². The molecule has 126 valence electrons. The number of aliphatic hydroxyl groups is 1. The Morgan fingerprint density at radius 3 is 2.48 bits per heavy atom. The molecule has 2 aromatic rings. The lowest BCUT2D eigenvalue weighted by Gasteiger charge is -2.17. The van der Waals surface area contributed by atoms with Crippen LogP contribution in [0.15, 0.2) is 24.5 Å². The van der Waals surface area contributed by atoms with E-state index in [1.165, 1.54) is 43.3 Å². The van der Waals surface area contributed by atoms with Gasteiger partial charge in [0.2, 0.25) is 0 Å². The third-order valence-electron chi connectivity index (χ3n) is 3.18. The first-order valence-corrected chi connectivity index (χ1v) is 6.83. The molecular weight excluding hydrogens is 337 g/mol. The van der Waals surface area contributed by atoms with Crippen LogP contribution in [0.3, 0.4) is 0 Å². The predicted octanol–water partition coefficient (Wildman–Crippen LogP) is 3.14. The van der Waals surface area contributed by atoms with Crippen LogP contribution in [-0.4, -0.2) is 41.2 Å². The fourth-order valence-electron chi connectivity index (χ4n) is 2.03. The summed E-state index contributed by atoms with van der Waals surface area (Å²) in [5.41, 5.74) is 0.387. The summed E-state index contributed by atoms with van der Waals surface area (Å²) in [7, 11) is 2.84. The summed E-state index contributed by atoms with van der Waals surface area (Å²) in [6.07, 6.45) is -4.56. The van der Waals surface area contributed by atoms with Gasteiger partial charge >= 0.3 is 6.18 Å². The minimum atomic E-state index is -4.72. The molecule has 0 fully saturated rings. The van der Waals surface area contributed by atoms with Crippen LogP contribution < -0.4 is 9.47 Å². The average molecular weight is 351 g/mol. The SMILES string of the molecule is COc1cc(OC)c(-c2nccn2CC(O)C(F)(F)F)cc1Cl. The molecule has 1 N–H and O–H groups in total. The zero-order valence-electron chi connectivity index (χ0n) is 12.3. The van der Waals surface area contributed by atoms with Crippen LogP contribution in [0.25, 0.3) is 11.4 Å². The lowest BCUT2D eigenvalue weighted by atomic mass is 10.1. The van der Waals surface area contributed by atoms with Crippen LogP contribution in [0.2, 0.25) is 5.02 Å². The molecule has 0 spiro atoms. The molecule has 0 aliphatic rings. The maximum absolute atomic E-state index is 12.5. The van der Waals surface area contributed by atoms with Crippen LogP contribution in [0, 0.1) is 0 Å². The van der Waals surface area contributed by atoms with E-state index in [2.05, 4.69) is 4.98 Å². The summed E-state index contributed by atoms with van der Waals surface area (Å²) in [6, 6.07) is 2.99. The third kappa shape index (κ3) is 3.70. The van der Waals surface area contributed by atoms with Crippen LogP contribution in [-0.2, 0) is 6.54 Å². The van der Waals surface area contributed by atoms with Gasteiger partial charge in [0, 0.05) is 18.5 Å². The summed E-state index contributed by atoms with van der Waals surface area (Å²) >= 11 is 6.06.